The molecule has 3 aromatic rings. The van der Waals surface area contributed by atoms with E-state index < -0.39 is 4.92 Å². The zero-order chi connectivity index (χ0) is 20.4. The van der Waals surface area contributed by atoms with E-state index in [2.05, 4.69) is 0 Å². The SMILES string of the molecule is O=C1C(=Cc2ccc([N+](=O)[O-])cc2)C=C(c2ccccc2)N1c1ccc(Cl)cc1. The number of nitro benzene ring substituents is 1. The third-order valence-electron chi connectivity index (χ3n) is 4.56. The maximum atomic E-state index is 13.2. The number of non-ortho nitro benzene ring substituents is 1. The molecule has 0 unspecified atom stereocenters. The average molecular weight is 403 g/mol. The van der Waals surface area contributed by atoms with Gasteiger partial charge >= 0.3 is 0 Å². The summed E-state index contributed by atoms with van der Waals surface area (Å²) in [5.74, 6) is -0.176. The second-order valence-corrected chi connectivity index (χ2v) is 6.90. The van der Waals surface area contributed by atoms with E-state index in [1.54, 1.807) is 47.4 Å². The predicted molar refractivity (Wildman–Crippen MR) is 114 cm³/mol. The summed E-state index contributed by atoms with van der Waals surface area (Å²) < 4.78 is 0. The van der Waals surface area contributed by atoms with Crippen LogP contribution < -0.4 is 4.90 Å². The van der Waals surface area contributed by atoms with Gasteiger partial charge in [0.1, 0.15) is 0 Å². The maximum absolute atomic E-state index is 13.2. The van der Waals surface area contributed by atoms with Gasteiger partial charge in [-0.1, -0.05) is 41.9 Å². The number of nitro groups is 1. The van der Waals surface area contributed by atoms with Crippen molar-refractivity contribution in [2.75, 3.05) is 4.90 Å². The minimum absolute atomic E-state index is 0.00760. The van der Waals surface area contributed by atoms with Crippen LogP contribution in [0.25, 0.3) is 11.8 Å². The van der Waals surface area contributed by atoms with Gasteiger partial charge in [-0.3, -0.25) is 19.8 Å². The van der Waals surface area contributed by atoms with Gasteiger partial charge in [0.25, 0.3) is 11.6 Å². The minimum Gasteiger partial charge on any atom is -0.276 e. The summed E-state index contributed by atoms with van der Waals surface area (Å²) in [6.07, 6.45) is 3.55. The monoisotopic (exact) mass is 402 g/mol. The Kier molecular flexibility index (Phi) is 4.97. The van der Waals surface area contributed by atoms with Crippen LogP contribution in [-0.2, 0) is 4.79 Å². The van der Waals surface area contributed by atoms with Crippen molar-refractivity contribution < 1.29 is 9.72 Å². The highest BCUT2D eigenvalue weighted by atomic mass is 35.5. The molecule has 6 heteroatoms. The first-order valence-corrected chi connectivity index (χ1v) is 9.24. The van der Waals surface area contributed by atoms with Crippen molar-refractivity contribution in [2.45, 2.75) is 0 Å². The molecule has 0 atom stereocenters. The molecule has 142 valence electrons. The van der Waals surface area contributed by atoms with E-state index in [1.807, 2.05) is 36.4 Å². The largest absolute Gasteiger partial charge is 0.276 e. The van der Waals surface area contributed by atoms with Gasteiger partial charge in [-0.05, 0) is 59.7 Å². The molecule has 29 heavy (non-hydrogen) atoms. The van der Waals surface area contributed by atoms with Crippen LogP contribution >= 0.6 is 11.6 Å². The Balaban J connectivity index is 1.77. The Morgan fingerprint density at radius 1 is 0.897 bits per heavy atom. The molecule has 4 rings (SSSR count). The lowest BCUT2D eigenvalue weighted by Crippen LogP contribution is -2.24. The number of hydrogen-bond acceptors (Lipinski definition) is 3. The fourth-order valence-corrected chi connectivity index (χ4v) is 3.28. The highest BCUT2D eigenvalue weighted by Crippen LogP contribution is 2.35. The first-order valence-electron chi connectivity index (χ1n) is 8.86. The quantitative estimate of drug-likeness (QED) is 0.318. The molecule has 0 saturated carbocycles. The zero-order valence-electron chi connectivity index (χ0n) is 15.2. The fraction of sp³-hybridized carbons (Fsp3) is 0. The van der Waals surface area contributed by atoms with Crippen LogP contribution in [0.4, 0.5) is 11.4 Å². The number of hydrogen-bond donors (Lipinski definition) is 0. The van der Waals surface area contributed by atoms with Crippen LogP contribution in [0.2, 0.25) is 5.02 Å². The molecule has 1 amide bonds. The minimum atomic E-state index is -0.451. The molecular weight excluding hydrogens is 388 g/mol. The lowest BCUT2D eigenvalue weighted by Gasteiger charge is -2.20. The molecule has 0 fully saturated rings. The van der Waals surface area contributed by atoms with Crippen molar-refractivity contribution in [3.05, 3.63) is 117 Å². The Morgan fingerprint density at radius 2 is 1.55 bits per heavy atom. The van der Waals surface area contributed by atoms with Crippen LogP contribution in [-0.4, -0.2) is 10.8 Å². The molecule has 0 bridgehead atoms. The van der Waals surface area contributed by atoms with E-state index in [4.69, 9.17) is 11.6 Å². The standard InChI is InChI=1S/C23H15ClN2O3/c24-19-8-12-20(13-9-19)25-22(17-4-2-1-3-5-17)15-18(23(25)27)14-16-6-10-21(11-7-16)26(28)29/h1-15H. The van der Waals surface area contributed by atoms with Crippen molar-refractivity contribution >= 4 is 40.7 Å². The van der Waals surface area contributed by atoms with Crippen molar-refractivity contribution in [3.8, 4) is 0 Å². The van der Waals surface area contributed by atoms with Crippen LogP contribution in [0.1, 0.15) is 11.1 Å². The highest BCUT2D eigenvalue weighted by molar-refractivity contribution is 6.30. The molecule has 0 aliphatic carbocycles. The van der Waals surface area contributed by atoms with Crippen molar-refractivity contribution in [3.63, 3.8) is 0 Å². The Bertz CT molecular complexity index is 1140. The lowest BCUT2D eigenvalue weighted by molar-refractivity contribution is -0.384. The predicted octanol–water partition coefficient (Wildman–Crippen LogP) is 5.72. The number of anilines is 1. The molecule has 0 spiro atoms. The summed E-state index contributed by atoms with van der Waals surface area (Å²) >= 11 is 6.00. The Hall–Kier alpha value is -3.70. The fourth-order valence-electron chi connectivity index (χ4n) is 3.16. The Morgan fingerprint density at radius 3 is 2.17 bits per heavy atom. The smallest absolute Gasteiger partial charge is 0.269 e. The first-order chi connectivity index (χ1) is 14.0. The number of benzene rings is 3. The third-order valence-corrected chi connectivity index (χ3v) is 4.82. The summed E-state index contributed by atoms with van der Waals surface area (Å²) in [6.45, 7) is 0. The first kappa shape index (κ1) is 18.7. The zero-order valence-corrected chi connectivity index (χ0v) is 15.9. The molecule has 0 N–H and O–H groups in total. The average Bonchev–Trinajstić information content (AvgIpc) is 3.06. The molecule has 0 radical (unpaired) electrons. The number of amides is 1. The van der Waals surface area contributed by atoms with Crippen LogP contribution in [0, 0.1) is 10.1 Å². The molecule has 3 aromatic carbocycles. The van der Waals surface area contributed by atoms with Crippen LogP contribution in [0.3, 0.4) is 0 Å². The van der Waals surface area contributed by atoms with Gasteiger partial charge < -0.3 is 0 Å². The number of carbonyl (C=O) groups excluding carboxylic acids is 1. The van der Waals surface area contributed by atoms with Crippen LogP contribution in [0.5, 0.6) is 0 Å². The van der Waals surface area contributed by atoms with Crippen molar-refractivity contribution in [2.24, 2.45) is 0 Å². The summed E-state index contributed by atoms with van der Waals surface area (Å²) in [4.78, 5) is 25.3. The van der Waals surface area contributed by atoms with E-state index in [9.17, 15) is 14.9 Å². The number of halogens is 1. The second kappa shape index (κ2) is 7.73. The highest BCUT2D eigenvalue weighted by Gasteiger charge is 2.30. The maximum Gasteiger partial charge on any atom is 0.269 e. The van der Waals surface area contributed by atoms with Gasteiger partial charge in [-0.15, -0.1) is 0 Å². The number of nitrogens with zero attached hydrogens (tertiary/aromatic N) is 2. The van der Waals surface area contributed by atoms with E-state index in [0.717, 1.165) is 11.3 Å². The summed E-state index contributed by atoms with van der Waals surface area (Å²) in [6, 6.07) is 22.8. The Labute approximate surface area is 172 Å². The molecule has 1 aliphatic rings. The van der Waals surface area contributed by atoms with Crippen molar-refractivity contribution in [1.82, 2.24) is 0 Å². The van der Waals surface area contributed by atoms with Gasteiger partial charge in [0, 0.05) is 28.4 Å². The van der Waals surface area contributed by atoms with Crippen LogP contribution in [0.15, 0.2) is 90.5 Å². The van der Waals surface area contributed by atoms with Gasteiger partial charge in [0.2, 0.25) is 0 Å². The van der Waals surface area contributed by atoms with Crippen molar-refractivity contribution in [1.29, 1.82) is 0 Å². The topological polar surface area (TPSA) is 63.4 Å². The second-order valence-electron chi connectivity index (χ2n) is 6.46. The van der Waals surface area contributed by atoms with E-state index in [-0.39, 0.29) is 11.6 Å². The molecular formula is C23H15ClN2O3. The van der Waals surface area contributed by atoms with E-state index >= 15 is 0 Å². The van der Waals surface area contributed by atoms with E-state index in [1.165, 1.54) is 12.1 Å². The summed E-state index contributed by atoms with van der Waals surface area (Å²) in [5.41, 5.74) is 3.58. The third kappa shape index (κ3) is 3.81. The summed E-state index contributed by atoms with van der Waals surface area (Å²) in [7, 11) is 0. The molecule has 5 nitrogen and oxygen atoms in total. The molecule has 0 aromatic heterocycles. The summed E-state index contributed by atoms with van der Waals surface area (Å²) in [5, 5.41) is 11.4. The van der Waals surface area contributed by atoms with Gasteiger partial charge in [-0.25, -0.2) is 0 Å². The molecule has 1 heterocycles. The van der Waals surface area contributed by atoms with Gasteiger partial charge in [-0.2, -0.15) is 0 Å². The van der Waals surface area contributed by atoms with E-state index in [0.29, 0.717) is 21.8 Å². The number of carbonyl (C=O) groups is 1. The molecule has 0 saturated heterocycles. The van der Waals surface area contributed by atoms with Gasteiger partial charge in [0.05, 0.1) is 10.6 Å². The normalized spacial score (nSPS) is 14.9. The van der Waals surface area contributed by atoms with Gasteiger partial charge in [0.15, 0.2) is 0 Å². The molecule has 1 aliphatic heterocycles. The number of rotatable bonds is 4. The lowest BCUT2D eigenvalue weighted by atomic mass is 10.1.